The fourth-order valence-electron chi connectivity index (χ4n) is 3.27. The van der Waals surface area contributed by atoms with Crippen molar-refractivity contribution < 1.29 is 14.3 Å². The molecule has 2 saturated heterocycles. The van der Waals surface area contributed by atoms with Crippen LogP contribution in [0.3, 0.4) is 0 Å². The van der Waals surface area contributed by atoms with Crippen molar-refractivity contribution in [2.75, 3.05) is 26.3 Å². The molecule has 0 aliphatic carbocycles. The molecule has 0 aromatic heterocycles. The van der Waals surface area contributed by atoms with E-state index in [0.29, 0.717) is 25.5 Å². The summed E-state index contributed by atoms with van der Waals surface area (Å²) < 4.78 is 5.57. The van der Waals surface area contributed by atoms with E-state index in [0.717, 1.165) is 32.4 Å². The minimum Gasteiger partial charge on any atom is -0.381 e. The van der Waals surface area contributed by atoms with E-state index < -0.39 is 0 Å². The smallest absolute Gasteiger partial charge is 0.246 e. The van der Waals surface area contributed by atoms with Gasteiger partial charge in [-0.1, -0.05) is 20.8 Å². The molecule has 0 spiro atoms. The summed E-state index contributed by atoms with van der Waals surface area (Å²) in [6.45, 7) is 9.00. The number of rotatable bonds is 7. The topological polar surface area (TPSA) is 49.9 Å². The first-order valence-corrected chi connectivity index (χ1v) is 8.25. The van der Waals surface area contributed by atoms with E-state index in [4.69, 9.17) is 4.74 Å². The molecule has 0 radical (unpaired) electrons. The van der Waals surface area contributed by atoms with Crippen molar-refractivity contribution >= 4 is 11.8 Å². The highest BCUT2D eigenvalue weighted by molar-refractivity contribution is 5.97. The first-order chi connectivity index (χ1) is 10.1. The molecule has 0 bridgehead atoms. The average Bonchev–Trinajstić information content (AvgIpc) is 2.93. The summed E-state index contributed by atoms with van der Waals surface area (Å²) in [7, 11) is 0. The van der Waals surface area contributed by atoms with Crippen LogP contribution >= 0.6 is 0 Å². The first kappa shape index (κ1) is 16.3. The lowest BCUT2D eigenvalue weighted by Gasteiger charge is -2.42. The lowest BCUT2D eigenvalue weighted by atomic mass is 10.0. The summed E-state index contributed by atoms with van der Waals surface area (Å²) in [6, 6.07) is -0.464. The molecule has 0 aromatic carbocycles. The van der Waals surface area contributed by atoms with Gasteiger partial charge in [-0.05, 0) is 31.6 Å². The zero-order valence-corrected chi connectivity index (χ0v) is 13.5. The van der Waals surface area contributed by atoms with E-state index in [-0.39, 0.29) is 23.9 Å². The minimum atomic E-state index is -0.267. The van der Waals surface area contributed by atoms with Gasteiger partial charge in [0.25, 0.3) is 0 Å². The number of fused-ring (bicyclic) bond motifs is 1. The Morgan fingerprint density at radius 3 is 2.71 bits per heavy atom. The molecule has 2 aliphatic rings. The number of piperazine rings is 1. The summed E-state index contributed by atoms with van der Waals surface area (Å²) in [5, 5.41) is 0. The number of amides is 2. The van der Waals surface area contributed by atoms with Gasteiger partial charge in [0.05, 0.1) is 0 Å². The van der Waals surface area contributed by atoms with E-state index in [1.165, 1.54) is 0 Å². The molecule has 2 amide bonds. The van der Waals surface area contributed by atoms with Gasteiger partial charge in [-0.25, -0.2) is 0 Å². The van der Waals surface area contributed by atoms with Gasteiger partial charge in [0.1, 0.15) is 12.1 Å². The Balaban J connectivity index is 1.90. The Hall–Kier alpha value is -1.10. The number of hydrogen-bond donors (Lipinski definition) is 0. The van der Waals surface area contributed by atoms with E-state index in [2.05, 4.69) is 13.8 Å². The van der Waals surface area contributed by atoms with Crippen molar-refractivity contribution in [1.29, 1.82) is 0 Å². The summed E-state index contributed by atoms with van der Waals surface area (Å²) >= 11 is 0. The van der Waals surface area contributed by atoms with E-state index in [1.54, 1.807) is 9.80 Å². The summed E-state index contributed by atoms with van der Waals surface area (Å²) in [5.41, 5.74) is 0. The quantitative estimate of drug-likeness (QED) is 0.671. The highest BCUT2D eigenvalue weighted by atomic mass is 16.5. The molecule has 2 aliphatic heterocycles. The minimum absolute atomic E-state index is 0.141. The fraction of sp³-hybridized carbons (Fsp3) is 0.875. The molecule has 2 atom stereocenters. The van der Waals surface area contributed by atoms with Gasteiger partial charge in [0.15, 0.2) is 0 Å². The Morgan fingerprint density at radius 1 is 1.29 bits per heavy atom. The Morgan fingerprint density at radius 2 is 2.05 bits per heavy atom. The maximum absolute atomic E-state index is 12.6. The Kier molecular flexibility index (Phi) is 5.62. The van der Waals surface area contributed by atoms with Gasteiger partial charge in [-0.2, -0.15) is 0 Å². The molecule has 0 N–H and O–H groups in total. The summed E-state index contributed by atoms with van der Waals surface area (Å²) in [4.78, 5) is 28.7. The second-order valence-corrected chi connectivity index (χ2v) is 6.47. The number of nitrogens with zero attached hydrogens (tertiary/aromatic N) is 2. The largest absolute Gasteiger partial charge is 0.381 e. The van der Waals surface area contributed by atoms with Gasteiger partial charge in [0, 0.05) is 26.3 Å². The van der Waals surface area contributed by atoms with E-state index in [1.807, 2.05) is 6.92 Å². The van der Waals surface area contributed by atoms with Gasteiger partial charge >= 0.3 is 0 Å². The van der Waals surface area contributed by atoms with Crippen molar-refractivity contribution in [3.8, 4) is 0 Å². The molecule has 2 heterocycles. The molecule has 5 heteroatoms. The SMILES string of the molecule is CCC1C(=O)N2CCCC2C(=O)N1CCCOCC(C)C. The molecule has 0 aromatic rings. The van der Waals surface area contributed by atoms with E-state index in [9.17, 15) is 9.59 Å². The van der Waals surface area contributed by atoms with Gasteiger partial charge in [-0.15, -0.1) is 0 Å². The van der Waals surface area contributed by atoms with Crippen LogP contribution in [0.5, 0.6) is 0 Å². The second-order valence-electron chi connectivity index (χ2n) is 6.47. The third kappa shape index (κ3) is 3.57. The van der Waals surface area contributed by atoms with Crippen molar-refractivity contribution in [3.63, 3.8) is 0 Å². The zero-order valence-electron chi connectivity index (χ0n) is 13.5. The predicted molar refractivity (Wildman–Crippen MR) is 80.8 cm³/mol. The van der Waals surface area contributed by atoms with Crippen LogP contribution in [0.4, 0.5) is 0 Å². The van der Waals surface area contributed by atoms with Crippen molar-refractivity contribution in [1.82, 2.24) is 9.80 Å². The normalized spacial score (nSPS) is 25.9. The van der Waals surface area contributed by atoms with Crippen LogP contribution in [0.25, 0.3) is 0 Å². The van der Waals surface area contributed by atoms with Crippen molar-refractivity contribution in [3.05, 3.63) is 0 Å². The maximum atomic E-state index is 12.6. The lowest BCUT2D eigenvalue weighted by Crippen LogP contribution is -2.62. The lowest BCUT2D eigenvalue weighted by molar-refractivity contribution is -0.159. The standard InChI is InChI=1S/C16H28N2O3/c1-4-13-15(19)18-8-5-7-14(18)16(20)17(13)9-6-10-21-11-12(2)3/h12-14H,4-11H2,1-3H3. The van der Waals surface area contributed by atoms with Crippen molar-refractivity contribution in [2.24, 2.45) is 5.92 Å². The van der Waals surface area contributed by atoms with Crippen LogP contribution in [0, 0.1) is 5.92 Å². The highest BCUT2D eigenvalue weighted by Gasteiger charge is 2.46. The van der Waals surface area contributed by atoms with Crippen LogP contribution in [0.1, 0.15) is 46.5 Å². The predicted octanol–water partition coefficient (Wildman–Crippen LogP) is 1.66. The molecule has 21 heavy (non-hydrogen) atoms. The molecule has 5 nitrogen and oxygen atoms in total. The fourth-order valence-corrected chi connectivity index (χ4v) is 3.27. The third-order valence-corrected chi connectivity index (χ3v) is 4.29. The second kappa shape index (κ2) is 7.25. The van der Waals surface area contributed by atoms with Crippen LogP contribution < -0.4 is 0 Å². The van der Waals surface area contributed by atoms with Crippen LogP contribution in [0.2, 0.25) is 0 Å². The zero-order chi connectivity index (χ0) is 15.4. The number of carbonyl (C=O) groups excluding carboxylic acids is 2. The molecular formula is C16H28N2O3. The maximum Gasteiger partial charge on any atom is 0.246 e. The van der Waals surface area contributed by atoms with E-state index >= 15 is 0 Å². The van der Waals surface area contributed by atoms with Crippen LogP contribution in [-0.2, 0) is 14.3 Å². The van der Waals surface area contributed by atoms with Gasteiger partial charge in [0.2, 0.25) is 11.8 Å². The molecule has 2 fully saturated rings. The van der Waals surface area contributed by atoms with Crippen molar-refractivity contribution in [2.45, 2.75) is 58.5 Å². The van der Waals surface area contributed by atoms with Gasteiger partial charge in [-0.3, -0.25) is 9.59 Å². The molecule has 2 unspecified atom stereocenters. The Bertz CT molecular complexity index is 384. The van der Waals surface area contributed by atoms with Gasteiger partial charge < -0.3 is 14.5 Å². The monoisotopic (exact) mass is 296 g/mol. The molecule has 120 valence electrons. The highest BCUT2D eigenvalue weighted by Crippen LogP contribution is 2.28. The summed E-state index contributed by atoms with van der Waals surface area (Å²) in [6.07, 6.45) is 3.26. The van der Waals surface area contributed by atoms with Crippen LogP contribution in [0.15, 0.2) is 0 Å². The summed E-state index contributed by atoms with van der Waals surface area (Å²) in [5.74, 6) is 0.809. The first-order valence-electron chi connectivity index (χ1n) is 8.25. The number of ether oxygens (including phenoxy) is 1. The molecule has 2 rings (SSSR count). The number of carbonyl (C=O) groups is 2. The number of hydrogen-bond acceptors (Lipinski definition) is 3. The molecular weight excluding hydrogens is 268 g/mol. The van der Waals surface area contributed by atoms with Crippen LogP contribution in [-0.4, -0.2) is 60.0 Å². The Labute approximate surface area is 127 Å². The average molecular weight is 296 g/mol. The molecule has 0 saturated carbocycles. The third-order valence-electron chi connectivity index (χ3n) is 4.29.